The number of ketones is 1. The van der Waals surface area contributed by atoms with Crippen LogP contribution in [0.4, 0.5) is 0 Å². The van der Waals surface area contributed by atoms with Gasteiger partial charge in [-0.3, -0.25) is 9.59 Å². The lowest BCUT2D eigenvalue weighted by Crippen LogP contribution is -2.52. The number of piperidine rings is 1. The molecule has 0 radical (unpaired) electrons. The van der Waals surface area contributed by atoms with Gasteiger partial charge in [0, 0.05) is 32.0 Å². The van der Waals surface area contributed by atoms with E-state index in [-0.39, 0.29) is 11.7 Å². The Bertz CT molecular complexity index is 955. The highest BCUT2D eigenvalue weighted by atomic mass is 16.5. The minimum atomic E-state index is -0.599. The van der Waals surface area contributed by atoms with Crippen LogP contribution >= 0.6 is 0 Å². The molecule has 7 heteroatoms. The van der Waals surface area contributed by atoms with Gasteiger partial charge in [0.2, 0.25) is 0 Å². The van der Waals surface area contributed by atoms with Crippen molar-refractivity contribution in [1.29, 1.82) is 0 Å². The Hall–Kier alpha value is -3.22. The number of Topliss-reactive ketones (excluding diaryl/α,β-unsaturated/α-hetero) is 1. The molecule has 7 nitrogen and oxygen atoms in total. The molecule has 2 aliphatic heterocycles. The normalized spacial score (nSPS) is 17.2. The van der Waals surface area contributed by atoms with Gasteiger partial charge >= 0.3 is 0 Å². The van der Waals surface area contributed by atoms with Gasteiger partial charge in [0.25, 0.3) is 5.91 Å². The Balaban J connectivity index is 1.53. The van der Waals surface area contributed by atoms with E-state index in [1.165, 1.54) is 14.2 Å². The molecule has 0 aromatic heterocycles. The summed E-state index contributed by atoms with van der Waals surface area (Å²) in [4.78, 5) is 27.7. The van der Waals surface area contributed by atoms with E-state index in [2.05, 4.69) is 0 Å². The number of benzene rings is 2. The number of hydrogen-bond acceptors (Lipinski definition) is 6. The summed E-state index contributed by atoms with van der Waals surface area (Å²) in [6.07, 6.45) is 1.45. The highest BCUT2D eigenvalue weighted by molar-refractivity contribution is 6.01. The fourth-order valence-electron chi connectivity index (χ4n) is 4.22. The van der Waals surface area contributed by atoms with Gasteiger partial charge in [0.1, 0.15) is 34.2 Å². The molecule has 2 aliphatic rings. The zero-order valence-electron chi connectivity index (χ0n) is 17.4. The molecule has 0 atom stereocenters. The lowest BCUT2D eigenvalue weighted by atomic mass is 9.82. The SMILES string of the molecule is COc1ccc2c(c1)OC1(CCN(C(=O)c3c(OC)cccc3OC)CC1)CC2=O. The van der Waals surface area contributed by atoms with Crippen molar-refractivity contribution < 1.29 is 28.5 Å². The minimum absolute atomic E-state index is 0.0603. The van der Waals surface area contributed by atoms with Gasteiger partial charge in [-0.2, -0.15) is 0 Å². The molecule has 158 valence electrons. The van der Waals surface area contributed by atoms with E-state index in [0.29, 0.717) is 66.5 Å². The third-order valence-electron chi connectivity index (χ3n) is 5.90. The molecule has 1 fully saturated rings. The van der Waals surface area contributed by atoms with Gasteiger partial charge < -0.3 is 23.8 Å². The van der Waals surface area contributed by atoms with Crippen molar-refractivity contribution in [2.24, 2.45) is 0 Å². The molecular weight excluding hydrogens is 386 g/mol. The number of likely N-dealkylation sites (tertiary alicyclic amines) is 1. The molecule has 1 saturated heterocycles. The number of amides is 1. The molecule has 0 saturated carbocycles. The summed E-state index contributed by atoms with van der Waals surface area (Å²) in [6, 6.07) is 10.5. The first-order chi connectivity index (χ1) is 14.5. The molecule has 0 bridgehead atoms. The van der Waals surface area contributed by atoms with Gasteiger partial charge in [0.05, 0.1) is 33.3 Å². The van der Waals surface area contributed by atoms with Crippen LogP contribution in [-0.2, 0) is 0 Å². The number of rotatable bonds is 4. The van der Waals surface area contributed by atoms with E-state index in [1.807, 2.05) is 0 Å². The monoisotopic (exact) mass is 411 g/mol. The van der Waals surface area contributed by atoms with Gasteiger partial charge in [-0.05, 0) is 24.3 Å². The van der Waals surface area contributed by atoms with E-state index >= 15 is 0 Å². The number of ether oxygens (including phenoxy) is 4. The maximum Gasteiger partial charge on any atom is 0.261 e. The summed E-state index contributed by atoms with van der Waals surface area (Å²) in [7, 11) is 4.65. The maximum absolute atomic E-state index is 13.2. The zero-order valence-corrected chi connectivity index (χ0v) is 17.4. The lowest BCUT2D eigenvalue weighted by molar-refractivity contribution is -0.00591. The summed E-state index contributed by atoms with van der Waals surface area (Å²) in [6.45, 7) is 0.958. The summed E-state index contributed by atoms with van der Waals surface area (Å²) in [5, 5.41) is 0. The molecule has 1 spiro atoms. The summed E-state index contributed by atoms with van der Waals surface area (Å²) < 4.78 is 22.3. The minimum Gasteiger partial charge on any atom is -0.497 e. The number of fused-ring (bicyclic) bond motifs is 1. The van der Waals surface area contributed by atoms with Crippen molar-refractivity contribution in [2.45, 2.75) is 24.9 Å². The second kappa shape index (κ2) is 7.89. The van der Waals surface area contributed by atoms with Crippen molar-refractivity contribution in [3.05, 3.63) is 47.5 Å². The number of nitrogens with zero attached hydrogens (tertiary/aromatic N) is 1. The first-order valence-corrected chi connectivity index (χ1v) is 9.91. The molecule has 2 heterocycles. The van der Waals surface area contributed by atoms with Crippen LogP contribution in [0.5, 0.6) is 23.0 Å². The predicted octanol–water partition coefficient (Wildman–Crippen LogP) is 3.35. The van der Waals surface area contributed by atoms with Crippen LogP contribution in [0.3, 0.4) is 0 Å². The third-order valence-corrected chi connectivity index (χ3v) is 5.90. The molecule has 0 unspecified atom stereocenters. The van der Waals surface area contributed by atoms with Gasteiger partial charge in [0.15, 0.2) is 5.78 Å². The standard InChI is InChI=1S/C23H25NO6/c1-27-15-7-8-16-17(25)14-23(30-20(16)13-15)9-11-24(12-10-23)22(26)21-18(28-2)5-4-6-19(21)29-3/h4-8,13H,9-12,14H2,1-3H3. The zero-order chi connectivity index (χ0) is 21.3. The molecule has 2 aromatic carbocycles. The summed E-state index contributed by atoms with van der Waals surface area (Å²) in [5.41, 5.74) is 0.394. The van der Waals surface area contributed by atoms with Crippen molar-refractivity contribution in [1.82, 2.24) is 4.90 Å². The third kappa shape index (κ3) is 3.44. The van der Waals surface area contributed by atoms with E-state index < -0.39 is 5.60 Å². The van der Waals surface area contributed by atoms with Crippen LogP contribution < -0.4 is 18.9 Å². The van der Waals surface area contributed by atoms with E-state index in [9.17, 15) is 9.59 Å². The molecule has 2 aromatic rings. The van der Waals surface area contributed by atoms with Crippen LogP contribution in [0.25, 0.3) is 0 Å². The Labute approximate surface area is 175 Å². The topological polar surface area (TPSA) is 74.3 Å². The van der Waals surface area contributed by atoms with E-state index in [0.717, 1.165) is 0 Å². The molecule has 4 rings (SSSR count). The lowest BCUT2D eigenvalue weighted by Gasteiger charge is -2.44. The van der Waals surface area contributed by atoms with Gasteiger partial charge in [-0.25, -0.2) is 0 Å². The highest BCUT2D eigenvalue weighted by Crippen LogP contribution is 2.41. The molecule has 0 aliphatic carbocycles. The number of carbonyl (C=O) groups is 2. The van der Waals surface area contributed by atoms with Gasteiger partial charge in [-0.1, -0.05) is 6.07 Å². The van der Waals surface area contributed by atoms with Crippen molar-refractivity contribution >= 4 is 11.7 Å². The quantitative estimate of drug-likeness (QED) is 0.768. The van der Waals surface area contributed by atoms with E-state index in [1.54, 1.807) is 48.4 Å². The van der Waals surface area contributed by atoms with Crippen LogP contribution in [0, 0.1) is 0 Å². The Kier molecular flexibility index (Phi) is 5.28. The summed E-state index contributed by atoms with van der Waals surface area (Å²) in [5.74, 6) is 2.06. The fraction of sp³-hybridized carbons (Fsp3) is 0.391. The van der Waals surface area contributed by atoms with Gasteiger partial charge in [-0.15, -0.1) is 0 Å². The van der Waals surface area contributed by atoms with Crippen LogP contribution in [0.1, 0.15) is 40.0 Å². The molecule has 0 N–H and O–H groups in total. The largest absolute Gasteiger partial charge is 0.497 e. The van der Waals surface area contributed by atoms with Crippen LogP contribution in [0.15, 0.2) is 36.4 Å². The van der Waals surface area contributed by atoms with Crippen molar-refractivity contribution in [2.75, 3.05) is 34.4 Å². The number of methoxy groups -OCH3 is 3. The molecule has 1 amide bonds. The number of hydrogen-bond donors (Lipinski definition) is 0. The first-order valence-electron chi connectivity index (χ1n) is 9.91. The Morgan fingerprint density at radius 2 is 1.67 bits per heavy atom. The fourth-order valence-corrected chi connectivity index (χ4v) is 4.22. The van der Waals surface area contributed by atoms with E-state index in [4.69, 9.17) is 18.9 Å². The smallest absolute Gasteiger partial charge is 0.261 e. The Morgan fingerprint density at radius 3 is 2.27 bits per heavy atom. The summed E-state index contributed by atoms with van der Waals surface area (Å²) >= 11 is 0. The van der Waals surface area contributed by atoms with Crippen molar-refractivity contribution in [3.8, 4) is 23.0 Å². The maximum atomic E-state index is 13.2. The second-order valence-corrected chi connectivity index (χ2v) is 7.58. The number of carbonyl (C=O) groups excluding carboxylic acids is 2. The highest BCUT2D eigenvalue weighted by Gasteiger charge is 2.44. The second-order valence-electron chi connectivity index (χ2n) is 7.58. The first kappa shape index (κ1) is 20.1. The Morgan fingerprint density at radius 1 is 1.00 bits per heavy atom. The van der Waals surface area contributed by atoms with Crippen LogP contribution in [0.2, 0.25) is 0 Å². The molecule has 30 heavy (non-hydrogen) atoms. The molecular formula is C23H25NO6. The predicted molar refractivity (Wildman–Crippen MR) is 110 cm³/mol. The average Bonchev–Trinajstić information content (AvgIpc) is 2.78. The average molecular weight is 411 g/mol. The van der Waals surface area contributed by atoms with Crippen molar-refractivity contribution in [3.63, 3.8) is 0 Å². The van der Waals surface area contributed by atoms with Crippen LogP contribution in [-0.4, -0.2) is 56.6 Å².